The van der Waals surface area contributed by atoms with E-state index in [9.17, 15) is 4.79 Å². The lowest BCUT2D eigenvalue weighted by Gasteiger charge is -2.38. The molecule has 1 amide bonds. The molecule has 3 aromatic rings. The van der Waals surface area contributed by atoms with Gasteiger partial charge < -0.3 is 14.4 Å². The van der Waals surface area contributed by atoms with Crippen LogP contribution < -0.4 is 14.4 Å². The summed E-state index contributed by atoms with van der Waals surface area (Å²) in [5.74, 6) is 1.38. The fourth-order valence-corrected chi connectivity index (χ4v) is 4.46. The third-order valence-corrected chi connectivity index (χ3v) is 6.75. The lowest BCUT2D eigenvalue weighted by Crippen LogP contribution is -2.41. The second-order valence-electron chi connectivity index (χ2n) is 7.91. The Morgan fingerprint density at radius 2 is 1.78 bits per heavy atom. The first kappa shape index (κ1) is 22.9. The third-order valence-electron chi connectivity index (χ3n) is 5.78. The van der Waals surface area contributed by atoms with E-state index in [1.807, 2.05) is 72.5 Å². The van der Waals surface area contributed by atoms with Crippen molar-refractivity contribution in [1.82, 2.24) is 0 Å². The molecule has 1 aliphatic rings. The van der Waals surface area contributed by atoms with E-state index < -0.39 is 0 Å². The van der Waals surface area contributed by atoms with Gasteiger partial charge in [0, 0.05) is 14.3 Å². The summed E-state index contributed by atoms with van der Waals surface area (Å²) in [6.45, 7) is 4.13. The molecule has 32 heavy (non-hydrogen) atoms. The number of fused-ring (bicyclic) bond motifs is 1. The van der Waals surface area contributed by atoms with E-state index in [0.29, 0.717) is 22.9 Å². The normalized spacial score (nSPS) is 16.5. The number of rotatable bonds is 6. The molecule has 0 saturated heterocycles. The van der Waals surface area contributed by atoms with Gasteiger partial charge in [-0.3, -0.25) is 4.79 Å². The molecule has 2 atom stereocenters. The smallest absolute Gasteiger partial charge is 0.232 e. The van der Waals surface area contributed by atoms with Gasteiger partial charge >= 0.3 is 0 Å². The highest BCUT2D eigenvalue weighted by Crippen LogP contribution is 2.43. The van der Waals surface area contributed by atoms with Crippen molar-refractivity contribution in [2.24, 2.45) is 0 Å². The second kappa shape index (κ2) is 9.71. The number of anilines is 1. The number of amides is 1. The SMILES string of the molecule is CCC(C)Oc1cc2c(cc1OC)CC(=O)N(c1ccc(I)cc1)C2c1ccc(Cl)cc1. The van der Waals surface area contributed by atoms with E-state index in [0.717, 1.165) is 32.4 Å². The molecule has 0 aliphatic carbocycles. The highest BCUT2D eigenvalue weighted by Gasteiger charge is 2.36. The molecule has 0 aromatic heterocycles. The molecule has 0 bridgehead atoms. The number of carbonyl (C=O) groups is 1. The van der Waals surface area contributed by atoms with Gasteiger partial charge in [0.1, 0.15) is 0 Å². The number of methoxy groups -OCH3 is 1. The minimum absolute atomic E-state index is 0.0382. The highest BCUT2D eigenvalue weighted by molar-refractivity contribution is 14.1. The minimum atomic E-state index is -0.297. The number of benzene rings is 3. The topological polar surface area (TPSA) is 38.8 Å². The Morgan fingerprint density at radius 1 is 1.09 bits per heavy atom. The molecule has 0 saturated carbocycles. The standard InChI is InChI=1S/C26H25ClINO3/c1-4-16(2)32-24-15-22-18(13-23(24)31-3)14-25(30)29(21-11-9-20(28)10-12-21)26(22)17-5-7-19(27)8-6-17/h5-13,15-16,26H,4,14H2,1-3H3. The first-order valence-electron chi connectivity index (χ1n) is 10.6. The van der Waals surface area contributed by atoms with Crippen LogP contribution in [0.3, 0.4) is 0 Å². The van der Waals surface area contributed by atoms with Crippen LogP contribution in [0.15, 0.2) is 60.7 Å². The average Bonchev–Trinajstić information content (AvgIpc) is 2.79. The lowest BCUT2D eigenvalue weighted by molar-refractivity contribution is -0.118. The molecule has 4 rings (SSSR count). The summed E-state index contributed by atoms with van der Waals surface area (Å²) in [6.07, 6.45) is 1.23. The fourth-order valence-electron chi connectivity index (χ4n) is 3.98. The Labute approximate surface area is 207 Å². The molecule has 0 spiro atoms. The number of ether oxygens (including phenoxy) is 2. The molecule has 2 unspecified atom stereocenters. The first-order valence-corrected chi connectivity index (χ1v) is 12.1. The Morgan fingerprint density at radius 3 is 2.41 bits per heavy atom. The van der Waals surface area contributed by atoms with Gasteiger partial charge in [0.2, 0.25) is 5.91 Å². The number of hydrogen-bond donors (Lipinski definition) is 0. The maximum atomic E-state index is 13.4. The van der Waals surface area contributed by atoms with Crippen LogP contribution in [0.1, 0.15) is 43.0 Å². The zero-order chi connectivity index (χ0) is 22.8. The summed E-state index contributed by atoms with van der Waals surface area (Å²) in [5, 5.41) is 0.660. The summed E-state index contributed by atoms with van der Waals surface area (Å²) in [4.78, 5) is 15.3. The van der Waals surface area contributed by atoms with Crippen LogP contribution in [-0.2, 0) is 11.2 Å². The number of hydrogen-bond acceptors (Lipinski definition) is 3. The Bertz CT molecular complexity index is 1120. The lowest BCUT2D eigenvalue weighted by atomic mass is 9.87. The van der Waals surface area contributed by atoms with E-state index in [4.69, 9.17) is 21.1 Å². The third kappa shape index (κ3) is 4.59. The predicted molar refractivity (Wildman–Crippen MR) is 137 cm³/mol. The van der Waals surface area contributed by atoms with Crippen molar-refractivity contribution in [2.45, 2.75) is 38.8 Å². The van der Waals surface area contributed by atoms with Gasteiger partial charge in [0.15, 0.2) is 11.5 Å². The number of halogens is 2. The molecule has 1 heterocycles. The van der Waals surface area contributed by atoms with Crippen molar-refractivity contribution in [3.63, 3.8) is 0 Å². The Hall–Kier alpha value is -2.25. The molecule has 1 aliphatic heterocycles. The maximum absolute atomic E-state index is 13.4. The first-order chi connectivity index (χ1) is 15.4. The Balaban J connectivity index is 1.90. The molecular weight excluding hydrogens is 537 g/mol. The quantitative estimate of drug-likeness (QED) is 0.311. The van der Waals surface area contributed by atoms with Crippen LogP contribution in [0.2, 0.25) is 5.02 Å². The van der Waals surface area contributed by atoms with Gasteiger partial charge in [0.25, 0.3) is 0 Å². The van der Waals surface area contributed by atoms with Crippen LogP contribution in [0.4, 0.5) is 5.69 Å². The van der Waals surface area contributed by atoms with Crippen LogP contribution in [0.5, 0.6) is 11.5 Å². The van der Waals surface area contributed by atoms with Crippen LogP contribution in [0, 0.1) is 3.57 Å². The van der Waals surface area contributed by atoms with Gasteiger partial charge in [-0.2, -0.15) is 0 Å². The zero-order valence-corrected chi connectivity index (χ0v) is 21.2. The minimum Gasteiger partial charge on any atom is -0.493 e. The van der Waals surface area contributed by atoms with Crippen LogP contribution in [-0.4, -0.2) is 19.1 Å². The fraction of sp³-hybridized carbons (Fsp3) is 0.269. The zero-order valence-electron chi connectivity index (χ0n) is 18.3. The van der Waals surface area contributed by atoms with Crippen molar-refractivity contribution >= 4 is 45.8 Å². The Kier molecular flexibility index (Phi) is 6.96. The maximum Gasteiger partial charge on any atom is 0.232 e. The van der Waals surface area contributed by atoms with E-state index in [1.54, 1.807) is 7.11 Å². The van der Waals surface area contributed by atoms with Crippen molar-refractivity contribution < 1.29 is 14.3 Å². The predicted octanol–water partition coefficient (Wildman–Crippen LogP) is 6.81. The largest absolute Gasteiger partial charge is 0.493 e. The van der Waals surface area contributed by atoms with E-state index in [2.05, 4.69) is 29.5 Å². The molecule has 6 heteroatoms. The van der Waals surface area contributed by atoms with Gasteiger partial charge in [-0.05, 0) is 101 Å². The summed E-state index contributed by atoms with van der Waals surface area (Å²) in [7, 11) is 1.63. The number of nitrogens with zero attached hydrogens (tertiary/aromatic N) is 1. The highest BCUT2D eigenvalue weighted by atomic mass is 127. The molecule has 0 radical (unpaired) electrons. The molecular formula is C26H25ClINO3. The van der Waals surface area contributed by atoms with Crippen LogP contribution in [0.25, 0.3) is 0 Å². The average molecular weight is 562 g/mol. The van der Waals surface area contributed by atoms with Gasteiger partial charge in [0.05, 0.1) is 25.7 Å². The van der Waals surface area contributed by atoms with E-state index in [1.165, 1.54) is 0 Å². The monoisotopic (exact) mass is 561 g/mol. The van der Waals surface area contributed by atoms with E-state index >= 15 is 0 Å². The van der Waals surface area contributed by atoms with Gasteiger partial charge in [-0.25, -0.2) is 0 Å². The van der Waals surface area contributed by atoms with Crippen LogP contribution >= 0.6 is 34.2 Å². The second-order valence-corrected chi connectivity index (χ2v) is 9.59. The molecule has 166 valence electrons. The van der Waals surface area contributed by atoms with Crippen molar-refractivity contribution in [3.8, 4) is 11.5 Å². The summed E-state index contributed by atoms with van der Waals surface area (Å²) in [6, 6.07) is 19.4. The summed E-state index contributed by atoms with van der Waals surface area (Å²) >= 11 is 8.44. The van der Waals surface area contributed by atoms with Gasteiger partial charge in [-0.1, -0.05) is 30.7 Å². The van der Waals surface area contributed by atoms with Gasteiger partial charge in [-0.15, -0.1) is 0 Å². The molecule has 0 N–H and O–H groups in total. The molecule has 4 nitrogen and oxygen atoms in total. The van der Waals surface area contributed by atoms with Crippen molar-refractivity contribution in [1.29, 1.82) is 0 Å². The van der Waals surface area contributed by atoms with E-state index in [-0.39, 0.29) is 18.1 Å². The van der Waals surface area contributed by atoms with Crippen molar-refractivity contribution in [3.05, 3.63) is 85.9 Å². The number of carbonyl (C=O) groups excluding carboxylic acids is 1. The molecule has 0 fully saturated rings. The van der Waals surface area contributed by atoms with Crippen molar-refractivity contribution in [2.75, 3.05) is 12.0 Å². The molecule has 3 aromatic carbocycles. The summed E-state index contributed by atoms with van der Waals surface area (Å²) in [5.41, 5.74) is 3.83. The summed E-state index contributed by atoms with van der Waals surface area (Å²) < 4.78 is 12.9.